The molecule has 7 nitrogen and oxygen atoms in total. The predicted molar refractivity (Wildman–Crippen MR) is 100 cm³/mol. The fraction of sp³-hybridized carbons (Fsp3) is 0.389. The third kappa shape index (κ3) is 7.17. The van der Waals surface area contributed by atoms with Crippen molar-refractivity contribution in [2.45, 2.75) is 31.3 Å². The summed E-state index contributed by atoms with van der Waals surface area (Å²) < 4.78 is 26.1. The Labute approximate surface area is 154 Å². The maximum atomic E-state index is 11.9. The van der Waals surface area contributed by atoms with E-state index in [2.05, 4.69) is 26.2 Å². The van der Waals surface area contributed by atoms with Gasteiger partial charge in [-0.15, -0.1) is 12.3 Å². The lowest BCUT2D eigenvalue weighted by atomic mass is 10.0. The van der Waals surface area contributed by atoms with Crippen molar-refractivity contribution in [2.24, 2.45) is 10.2 Å². The molecule has 0 unspecified atom stereocenters. The van der Waals surface area contributed by atoms with Crippen LogP contribution < -0.4 is 10.0 Å². The quantitative estimate of drug-likeness (QED) is 0.580. The molecule has 0 saturated carbocycles. The third-order valence-electron chi connectivity index (χ3n) is 3.79. The van der Waals surface area contributed by atoms with Crippen LogP contribution in [-0.4, -0.2) is 33.1 Å². The molecule has 0 radical (unpaired) electrons. The number of nitrogens with zero attached hydrogens (tertiary/aromatic N) is 2. The topological polar surface area (TPSA) is 100.0 Å². The maximum Gasteiger partial charge on any atom is 0.233 e. The molecule has 2 N–H and O–H groups in total. The molecule has 0 bridgehead atoms. The molecular weight excluding hydrogens is 352 g/mol. The highest BCUT2D eigenvalue weighted by Gasteiger charge is 2.38. The first-order valence-corrected chi connectivity index (χ1v) is 9.86. The molecule has 0 fully saturated rings. The van der Waals surface area contributed by atoms with Gasteiger partial charge in [0.15, 0.2) is 5.66 Å². The molecular formula is C18H22N4O3S. The third-order valence-corrected chi connectivity index (χ3v) is 4.90. The van der Waals surface area contributed by atoms with Gasteiger partial charge in [-0.25, -0.2) is 13.1 Å². The highest BCUT2D eigenvalue weighted by molar-refractivity contribution is 7.92. The molecule has 0 spiro atoms. The first-order valence-electron chi connectivity index (χ1n) is 8.32. The van der Waals surface area contributed by atoms with Crippen LogP contribution in [0, 0.1) is 12.3 Å². The Bertz CT molecular complexity index is 805. The Hall–Kier alpha value is -2.50. The van der Waals surface area contributed by atoms with Crippen molar-refractivity contribution in [1.82, 2.24) is 10.0 Å². The van der Waals surface area contributed by atoms with Crippen molar-refractivity contribution < 1.29 is 13.2 Å². The van der Waals surface area contributed by atoms with E-state index in [-0.39, 0.29) is 18.9 Å². The van der Waals surface area contributed by atoms with E-state index in [1.165, 1.54) is 6.08 Å². The summed E-state index contributed by atoms with van der Waals surface area (Å²) in [7, 11) is -3.58. The molecule has 1 heterocycles. The number of hydrogen-bond acceptors (Lipinski definition) is 5. The van der Waals surface area contributed by atoms with Gasteiger partial charge in [0, 0.05) is 44.2 Å². The maximum absolute atomic E-state index is 11.9. The van der Waals surface area contributed by atoms with E-state index in [1.807, 2.05) is 18.2 Å². The summed E-state index contributed by atoms with van der Waals surface area (Å²) in [4.78, 5) is 11.8. The first-order chi connectivity index (χ1) is 12.4. The molecule has 0 saturated heterocycles. The van der Waals surface area contributed by atoms with E-state index < -0.39 is 15.7 Å². The van der Waals surface area contributed by atoms with E-state index in [0.717, 1.165) is 11.0 Å². The van der Waals surface area contributed by atoms with Crippen LogP contribution in [0.15, 0.2) is 46.0 Å². The monoisotopic (exact) mass is 374 g/mol. The second-order valence-electron chi connectivity index (χ2n) is 5.89. The van der Waals surface area contributed by atoms with Crippen molar-refractivity contribution in [2.75, 3.05) is 13.1 Å². The number of sulfonamides is 1. The van der Waals surface area contributed by atoms with Crippen LogP contribution in [0.2, 0.25) is 0 Å². The Morgan fingerprint density at radius 2 is 1.92 bits per heavy atom. The van der Waals surface area contributed by atoms with E-state index >= 15 is 0 Å². The molecule has 1 aliphatic rings. The normalized spacial score (nSPS) is 14.9. The van der Waals surface area contributed by atoms with Crippen molar-refractivity contribution in [3.05, 3.63) is 41.3 Å². The van der Waals surface area contributed by atoms with Crippen molar-refractivity contribution in [1.29, 1.82) is 0 Å². The van der Waals surface area contributed by atoms with Gasteiger partial charge in [-0.3, -0.25) is 4.79 Å². The van der Waals surface area contributed by atoms with Gasteiger partial charge in [0.05, 0.1) is 0 Å². The molecule has 8 heteroatoms. The van der Waals surface area contributed by atoms with E-state index in [4.69, 9.17) is 6.42 Å². The molecule has 1 aromatic rings. The van der Waals surface area contributed by atoms with Gasteiger partial charge in [0.1, 0.15) is 0 Å². The Balaban J connectivity index is 1.63. The second-order valence-corrected chi connectivity index (χ2v) is 7.54. The second kappa shape index (κ2) is 9.27. The zero-order chi connectivity index (χ0) is 18.9. The van der Waals surface area contributed by atoms with E-state index in [1.54, 1.807) is 12.1 Å². The number of hydrogen-bond donors (Lipinski definition) is 2. The Kier molecular flexibility index (Phi) is 7.06. The van der Waals surface area contributed by atoms with Gasteiger partial charge in [0.2, 0.25) is 15.9 Å². The number of rotatable bonds is 11. The van der Waals surface area contributed by atoms with E-state index in [9.17, 15) is 13.2 Å². The average molecular weight is 374 g/mol. The van der Waals surface area contributed by atoms with Crippen LogP contribution in [0.5, 0.6) is 0 Å². The SMILES string of the molecule is C#CCCC1(CCNC(=O)CCNS(=O)(=O)/C=C/c2ccccc2)N=N1. The number of nitrogens with one attached hydrogen (secondary N) is 2. The predicted octanol–water partition coefficient (Wildman–Crippen LogP) is 2.05. The summed E-state index contributed by atoms with van der Waals surface area (Å²) in [5.74, 6) is 2.32. The zero-order valence-electron chi connectivity index (χ0n) is 14.4. The fourth-order valence-corrected chi connectivity index (χ4v) is 3.06. The van der Waals surface area contributed by atoms with Gasteiger partial charge < -0.3 is 5.32 Å². The Morgan fingerprint density at radius 1 is 1.19 bits per heavy atom. The van der Waals surface area contributed by atoms with Crippen LogP contribution in [0.25, 0.3) is 6.08 Å². The summed E-state index contributed by atoms with van der Waals surface area (Å²) >= 11 is 0. The minimum Gasteiger partial charge on any atom is -0.356 e. The van der Waals surface area contributed by atoms with Crippen molar-refractivity contribution in [3.63, 3.8) is 0 Å². The fourth-order valence-electron chi connectivity index (χ4n) is 2.25. The molecule has 1 aromatic carbocycles. The van der Waals surface area contributed by atoms with Crippen molar-refractivity contribution in [3.8, 4) is 12.3 Å². The molecule has 26 heavy (non-hydrogen) atoms. The van der Waals surface area contributed by atoms with Gasteiger partial charge in [-0.05, 0) is 11.6 Å². The van der Waals surface area contributed by atoms with Crippen LogP contribution in [0.3, 0.4) is 0 Å². The first kappa shape index (κ1) is 19.8. The number of carbonyl (C=O) groups excluding carboxylic acids is 1. The molecule has 2 rings (SSSR count). The number of carbonyl (C=O) groups is 1. The smallest absolute Gasteiger partial charge is 0.233 e. The van der Waals surface area contributed by atoms with E-state index in [0.29, 0.717) is 25.8 Å². The Morgan fingerprint density at radius 3 is 2.58 bits per heavy atom. The average Bonchev–Trinajstić information content (AvgIpc) is 3.39. The van der Waals surface area contributed by atoms with Crippen molar-refractivity contribution >= 4 is 22.0 Å². The minimum absolute atomic E-state index is 0.0320. The van der Waals surface area contributed by atoms with Crippen LogP contribution >= 0.6 is 0 Å². The van der Waals surface area contributed by atoms with Crippen LogP contribution in [0.4, 0.5) is 0 Å². The molecule has 138 valence electrons. The highest BCUT2D eigenvalue weighted by atomic mass is 32.2. The molecule has 1 amide bonds. The lowest BCUT2D eigenvalue weighted by molar-refractivity contribution is -0.120. The molecule has 0 aliphatic carbocycles. The standard InChI is InChI=1S/C18H22N4O3S/c1-2-3-11-18(21-22-18)12-14-19-17(23)9-13-20-26(24,25)15-10-16-7-5-4-6-8-16/h1,4-8,10,15,20H,3,9,11-14H2,(H,19,23)/b15-10+. The summed E-state index contributed by atoms with van der Waals surface area (Å²) in [6.45, 7) is 0.460. The zero-order valence-corrected chi connectivity index (χ0v) is 15.2. The molecule has 0 atom stereocenters. The largest absolute Gasteiger partial charge is 0.356 e. The lowest BCUT2D eigenvalue weighted by Gasteiger charge is -2.10. The minimum atomic E-state index is -3.58. The lowest BCUT2D eigenvalue weighted by Crippen LogP contribution is -2.32. The van der Waals surface area contributed by atoms with Gasteiger partial charge in [-0.1, -0.05) is 30.3 Å². The summed E-state index contributed by atoms with van der Waals surface area (Å²) in [5, 5.41) is 11.8. The molecule has 0 aromatic heterocycles. The number of terminal acetylenes is 1. The van der Waals surface area contributed by atoms with Crippen LogP contribution in [0.1, 0.15) is 31.2 Å². The highest BCUT2D eigenvalue weighted by Crippen LogP contribution is 2.35. The number of benzene rings is 1. The van der Waals surface area contributed by atoms with Gasteiger partial charge >= 0.3 is 0 Å². The summed E-state index contributed by atoms with van der Waals surface area (Å²) in [6.07, 6.45) is 8.67. The summed E-state index contributed by atoms with van der Waals surface area (Å²) in [5.41, 5.74) is 0.356. The number of amides is 1. The van der Waals surface area contributed by atoms with Crippen LogP contribution in [-0.2, 0) is 14.8 Å². The summed E-state index contributed by atoms with van der Waals surface area (Å²) in [6, 6.07) is 9.10. The van der Waals surface area contributed by atoms with Gasteiger partial charge in [-0.2, -0.15) is 10.2 Å². The van der Waals surface area contributed by atoms with Gasteiger partial charge in [0.25, 0.3) is 0 Å². The molecule has 1 aliphatic heterocycles.